The minimum atomic E-state index is -0.610. The van der Waals surface area contributed by atoms with Crippen molar-refractivity contribution in [3.8, 4) is 0 Å². The lowest BCUT2D eigenvalue weighted by Crippen LogP contribution is -2.37. The number of halogens is 1. The average Bonchev–Trinajstić information content (AvgIpc) is 3.00. The Bertz CT molecular complexity index is 781. The van der Waals surface area contributed by atoms with Gasteiger partial charge in [0, 0.05) is 16.3 Å². The van der Waals surface area contributed by atoms with Crippen LogP contribution in [0, 0.1) is 0 Å². The van der Waals surface area contributed by atoms with E-state index in [1.165, 1.54) is 4.90 Å². The molecule has 0 spiro atoms. The van der Waals surface area contributed by atoms with E-state index in [1.807, 2.05) is 91.8 Å². The molecule has 1 aliphatic heterocycles. The molecule has 29 heavy (non-hydrogen) atoms. The Hall–Kier alpha value is -2.33. The van der Waals surface area contributed by atoms with Crippen LogP contribution in [-0.4, -0.2) is 22.4 Å². The fraction of sp³-hybridized carbons (Fsp3) is 0.417. The maximum absolute atomic E-state index is 12.7. The third-order valence-corrected chi connectivity index (χ3v) is 3.66. The SMILES string of the molecule is C=C(N=C1/C(=C(\C)Cl)C=C(C)N1C(=O)OC(C)(C)C)c1ccccc1.CC.CC. The molecule has 0 aromatic heterocycles. The molecular weight excluding hydrogens is 384 g/mol. The number of hydrogen-bond donors (Lipinski definition) is 0. The number of carbonyl (C=O) groups excluding carboxylic acids is 1. The van der Waals surface area contributed by atoms with Crippen LogP contribution in [0.2, 0.25) is 0 Å². The minimum absolute atomic E-state index is 0.424. The van der Waals surface area contributed by atoms with Crippen LogP contribution in [0.15, 0.2) is 64.3 Å². The van der Waals surface area contributed by atoms with Gasteiger partial charge in [-0.05, 0) is 46.3 Å². The van der Waals surface area contributed by atoms with Gasteiger partial charge in [-0.2, -0.15) is 0 Å². The largest absolute Gasteiger partial charge is 0.443 e. The maximum atomic E-state index is 12.7. The van der Waals surface area contributed by atoms with Gasteiger partial charge in [-0.1, -0.05) is 76.2 Å². The van der Waals surface area contributed by atoms with Gasteiger partial charge in [0.15, 0.2) is 5.84 Å². The van der Waals surface area contributed by atoms with E-state index in [9.17, 15) is 4.79 Å². The van der Waals surface area contributed by atoms with Gasteiger partial charge in [0.05, 0.1) is 5.70 Å². The molecule has 1 heterocycles. The van der Waals surface area contributed by atoms with E-state index in [1.54, 1.807) is 6.92 Å². The van der Waals surface area contributed by atoms with Crippen LogP contribution < -0.4 is 0 Å². The third-order valence-electron chi connectivity index (χ3n) is 3.45. The number of nitrogens with zero attached hydrogens (tertiary/aromatic N) is 2. The molecule has 1 aliphatic rings. The van der Waals surface area contributed by atoms with Crippen LogP contribution in [0.25, 0.3) is 5.70 Å². The van der Waals surface area contributed by atoms with Gasteiger partial charge in [-0.3, -0.25) is 0 Å². The number of rotatable bonds is 2. The standard InChI is InChI=1S/C20H23ClN2O2.2C2H6/c1-13-12-17(14(2)21)18(23(13)19(24)25-20(4,5)6)22-15(3)16-10-8-7-9-11-16;2*1-2/h7-12H,3H2,1-2,4-6H3;2*1-2H3/b17-14+,22-18?;;. The first-order valence-corrected chi connectivity index (χ1v) is 10.4. The lowest BCUT2D eigenvalue weighted by atomic mass is 10.2. The van der Waals surface area contributed by atoms with Crippen LogP contribution in [-0.2, 0) is 4.74 Å². The zero-order valence-electron chi connectivity index (χ0n) is 19.3. The van der Waals surface area contributed by atoms with Crippen LogP contribution in [0.1, 0.15) is 67.9 Å². The Morgan fingerprint density at radius 2 is 1.62 bits per heavy atom. The topological polar surface area (TPSA) is 41.9 Å². The van der Waals surface area contributed by atoms with Gasteiger partial charge in [-0.25, -0.2) is 14.7 Å². The highest BCUT2D eigenvalue weighted by Crippen LogP contribution is 2.30. The molecule has 4 nitrogen and oxygen atoms in total. The molecule has 0 saturated carbocycles. The van der Waals surface area contributed by atoms with E-state index in [0.29, 0.717) is 27.8 Å². The molecule has 0 saturated heterocycles. The van der Waals surface area contributed by atoms with Crippen molar-refractivity contribution in [3.05, 3.63) is 64.9 Å². The molecule has 0 atom stereocenters. The van der Waals surface area contributed by atoms with Crippen molar-refractivity contribution in [1.29, 1.82) is 0 Å². The van der Waals surface area contributed by atoms with Gasteiger partial charge in [0.25, 0.3) is 0 Å². The van der Waals surface area contributed by atoms with E-state index >= 15 is 0 Å². The maximum Gasteiger partial charge on any atom is 0.420 e. The first-order chi connectivity index (χ1) is 13.6. The van der Waals surface area contributed by atoms with Crippen molar-refractivity contribution >= 4 is 29.2 Å². The molecular formula is C24H35ClN2O2. The van der Waals surface area contributed by atoms with E-state index in [4.69, 9.17) is 16.3 Å². The predicted octanol–water partition coefficient (Wildman–Crippen LogP) is 7.78. The first kappa shape index (κ1) is 26.7. The molecule has 160 valence electrons. The number of aliphatic imine (C=N–C) groups is 1. The summed E-state index contributed by atoms with van der Waals surface area (Å²) in [6.45, 7) is 21.1. The van der Waals surface area contributed by atoms with Gasteiger partial charge < -0.3 is 4.74 Å². The summed E-state index contributed by atoms with van der Waals surface area (Å²) >= 11 is 6.22. The van der Waals surface area contributed by atoms with Crippen molar-refractivity contribution in [2.45, 2.75) is 67.9 Å². The molecule has 1 aromatic rings. The Morgan fingerprint density at radius 3 is 2.07 bits per heavy atom. The number of amides is 1. The highest BCUT2D eigenvalue weighted by atomic mass is 35.5. The highest BCUT2D eigenvalue weighted by Gasteiger charge is 2.33. The van der Waals surface area contributed by atoms with Crippen LogP contribution >= 0.6 is 11.6 Å². The van der Waals surface area contributed by atoms with Crippen molar-refractivity contribution in [1.82, 2.24) is 4.90 Å². The quantitative estimate of drug-likeness (QED) is 0.492. The van der Waals surface area contributed by atoms with Crippen molar-refractivity contribution < 1.29 is 9.53 Å². The summed E-state index contributed by atoms with van der Waals surface area (Å²) < 4.78 is 5.51. The van der Waals surface area contributed by atoms with Crippen LogP contribution in [0.3, 0.4) is 0 Å². The monoisotopic (exact) mass is 418 g/mol. The van der Waals surface area contributed by atoms with Crippen LogP contribution in [0.5, 0.6) is 0 Å². The minimum Gasteiger partial charge on any atom is -0.443 e. The number of hydrogen-bond acceptors (Lipinski definition) is 3. The molecule has 0 N–H and O–H groups in total. The lowest BCUT2D eigenvalue weighted by molar-refractivity contribution is 0.0416. The fourth-order valence-electron chi connectivity index (χ4n) is 2.35. The number of ether oxygens (including phenoxy) is 1. The Morgan fingerprint density at radius 1 is 1.10 bits per heavy atom. The summed E-state index contributed by atoms with van der Waals surface area (Å²) in [5.74, 6) is 0.424. The molecule has 5 heteroatoms. The molecule has 0 fully saturated rings. The van der Waals surface area contributed by atoms with Gasteiger partial charge in [0.1, 0.15) is 5.60 Å². The normalized spacial score (nSPS) is 16.1. The number of amidine groups is 1. The second kappa shape index (κ2) is 12.3. The predicted molar refractivity (Wildman–Crippen MR) is 126 cm³/mol. The lowest BCUT2D eigenvalue weighted by Gasteiger charge is -2.25. The third kappa shape index (κ3) is 7.90. The molecule has 0 bridgehead atoms. The summed E-state index contributed by atoms with van der Waals surface area (Å²) in [5.41, 5.74) is 2.19. The second-order valence-corrected chi connectivity index (χ2v) is 7.36. The number of allylic oxidation sites excluding steroid dienone is 2. The molecule has 0 unspecified atom stereocenters. The summed E-state index contributed by atoms with van der Waals surface area (Å²) in [6.07, 6.45) is 1.33. The molecule has 0 radical (unpaired) electrons. The van der Waals surface area contributed by atoms with Gasteiger partial charge in [0.2, 0.25) is 0 Å². The summed E-state index contributed by atoms with van der Waals surface area (Å²) in [4.78, 5) is 18.7. The Balaban J connectivity index is 0.00000184. The molecule has 1 amide bonds. The highest BCUT2D eigenvalue weighted by molar-refractivity contribution is 6.33. The van der Waals surface area contributed by atoms with E-state index in [0.717, 1.165) is 5.56 Å². The Kier molecular flexibility index (Phi) is 11.3. The zero-order chi connectivity index (χ0) is 22.8. The summed E-state index contributed by atoms with van der Waals surface area (Å²) in [5, 5.41) is 0.546. The van der Waals surface area contributed by atoms with Crippen molar-refractivity contribution in [3.63, 3.8) is 0 Å². The van der Waals surface area contributed by atoms with Gasteiger partial charge >= 0.3 is 6.09 Å². The zero-order valence-corrected chi connectivity index (χ0v) is 20.0. The number of benzene rings is 1. The van der Waals surface area contributed by atoms with Crippen LogP contribution in [0.4, 0.5) is 4.79 Å². The summed E-state index contributed by atoms with van der Waals surface area (Å²) in [7, 11) is 0. The first-order valence-electron chi connectivity index (χ1n) is 10.0. The second-order valence-electron chi connectivity index (χ2n) is 6.80. The van der Waals surface area contributed by atoms with E-state index < -0.39 is 11.7 Å². The fourth-order valence-corrected chi connectivity index (χ4v) is 2.49. The molecule has 2 rings (SSSR count). The van der Waals surface area contributed by atoms with Gasteiger partial charge in [-0.15, -0.1) is 0 Å². The summed E-state index contributed by atoms with van der Waals surface area (Å²) in [6, 6.07) is 9.57. The average molecular weight is 419 g/mol. The van der Waals surface area contributed by atoms with E-state index in [2.05, 4.69) is 11.6 Å². The van der Waals surface area contributed by atoms with E-state index in [-0.39, 0.29) is 0 Å². The smallest absolute Gasteiger partial charge is 0.420 e. The Labute approximate surface area is 181 Å². The van der Waals surface area contributed by atoms with Crippen molar-refractivity contribution in [2.24, 2.45) is 4.99 Å². The molecule has 1 aromatic carbocycles. The van der Waals surface area contributed by atoms with Crippen molar-refractivity contribution in [2.75, 3.05) is 0 Å². The molecule has 0 aliphatic carbocycles. The number of carbonyl (C=O) groups is 1.